The van der Waals surface area contributed by atoms with Gasteiger partial charge in [0.25, 0.3) is 0 Å². The third-order valence-corrected chi connectivity index (χ3v) is 2.89. The number of halogens is 1. The zero-order valence-corrected chi connectivity index (χ0v) is 11.7. The molecule has 0 unspecified atom stereocenters. The minimum atomic E-state index is 0.120. The van der Waals surface area contributed by atoms with Crippen LogP contribution in [0.4, 0.5) is 0 Å². The third kappa shape index (κ3) is 6.27. The van der Waals surface area contributed by atoms with E-state index in [9.17, 15) is 4.79 Å². The van der Waals surface area contributed by atoms with E-state index >= 15 is 0 Å². The summed E-state index contributed by atoms with van der Waals surface area (Å²) in [6.07, 6.45) is 6.28. The number of amides is 1. The van der Waals surface area contributed by atoms with E-state index in [4.69, 9.17) is 0 Å². The molecule has 1 N–H and O–H groups in total. The van der Waals surface area contributed by atoms with Crippen LogP contribution in [0.2, 0.25) is 0 Å². The Balaban J connectivity index is 2.24. The third-order valence-electron chi connectivity index (χ3n) is 2.40. The first kappa shape index (κ1) is 14.0. The van der Waals surface area contributed by atoms with Crippen molar-refractivity contribution >= 4 is 21.8 Å². The van der Waals surface area contributed by atoms with Gasteiger partial charge in [-0.3, -0.25) is 4.79 Å². The normalized spacial score (nSPS) is 10.7. The predicted molar refractivity (Wildman–Crippen MR) is 74.9 cm³/mol. The molecule has 0 aliphatic rings. The zero-order chi connectivity index (χ0) is 12.5. The molecule has 0 spiro atoms. The minimum Gasteiger partial charge on any atom is -0.356 e. The molecular formula is C14H18BrNO. The lowest BCUT2D eigenvalue weighted by Gasteiger charge is -2.04. The molecule has 0 aliphatic carbocycles. The van der Waals surface area contributed by atoms with E-state index in [-0.39, 0.29) is 5.91 Å². The molecule has 3 heteroatoms. The lowest BCUT2D eigenvalue weighted by Crippen LogP contribution is -2.24. The molecule has 0 aromatic heterocycles. The number of carbonyl (C=O) groups is 1. The zero-order valence-electron chi connectivity index (χ0n) is 10.1. The van der Waals surface area contributed by atoms with Crippen LogP contribution in [0.5, 0.6) is 0 Å². The Morgan fingerprint density at radius 3 is 3.00 bits per heavy atom. The molecule has 2 nitrogen and oxygen atoms in total. The summed E-state index contributed by atoms with van der Waals surface area (Å²) in [4.78, 5) is 11.5. The van der Waals surface area contributed by atoms with Crippen molar-refractivity contribution in [1.29, 1.82) is 0 Å². The molecular weight excluding hydrogens is 278 g/mol. The molecule has 0 heterocycles. The largest absolute Gasteiger partial charge is 0.356 e. The second-order valence-electron chi connectivity index (χ2n) is 3.84. The van der Waals surface area contributed by atoms with Crippen molar-refractivity contribution in [2.45, 2.75) is 26.2 Å². The van der Waals surface area contributed by atoms with Crippen molar-refractivity contribution < 1.29 is 4.79 Å². The number of rotatable bonds is 6. The Kier molecular flexibility index (Phi) is 6.63. The molecule has 0 fully saturated rings. The molecule has 0 aliphatic heterocycles. The van der Waals surface area contributed by atoms with Gasteiger partial charge < -0.3 is 5.32 Å². The summed E-state index contributed by atoms with van der Waals surface area (Å²) in [5.41, 5.74) is 1.18. The highest BCUT2D eigenvalue weighted by molar-refractivity contribution is 9.10. The van der Waals surface area contributed by atoms with Crippen LogP contribution in [0, 0.1) is 0 Å². The minimum absolute atomic E-state index is 0.120. The van der Waals surface area contributed by atoms with Crippen molar-refractivity contribution in [3.8, 4) is 0 Å². The van der Waals surface area contributed by atoms with Crippen LogP contribution < -0.4 is 5.32 Å². The van der Waals surface area contributed by atoms with E-state index in [0.29, 0.717) is 6.42 Å². The molecule has 0 bridgehead atoms. The molecule has 1 rings (SSSR count). The van der Waals surface area contributed by atoms with E-state index < -0.39 is 0 Å². The van der Waals surface area contributed by atoms with E-state index in [1.807, 2.05) is 37.3 Å². The molecule has 92 valence electrons. The van der Waals surface area contributed by atoms with Crippen molar-refractivity contribution in [3.63, 3.8) is 0 Å². The molecule has 0 saturated carbocycles. The lowest BCUT2D eigenvalue weighted by molar-refractivity contribution is -0.121. The van der Waals surface area contributed by atoms with Gasteiger partial charge in [-0.1, -0.05) is 40.2 Å². The summed E-state index contributed by atoms with van der Waals surface area (Å²) in [5, 5.41) is 2.90. The number of aryl methyl sites for hydroxylation is 1. The first-order chi connectivity index (χ1) is 8.22. The van der Waals surface area contributed by atoms with Gasteiger partial charge in [0, 0.05) is 17.4 Å². The molecule has 0 saturated heterocycles. The Morgan fingerprint density at radius 2 is 2.29 bits per heavy atom. The van der Waals surface area contributed by atoms with Crippen LogP contribution in [-0.2, 0) is 11.2 Å². The van der Waals surface area contributed by atoms with Crippen LogP contribution in [-0.4, -0.2) is 12.5 Å². The molecule has 1 aromatic rings. The average molecular weight is 296 g/mol. The van der Waals surface area contributed by atoms with Gasteiger partial charge in [-0.2, -0.15) is 0 Å². The predicted octanol–water partition coefficient (Wildman–Crippen LogP) is 3.46. The maximum Gasteiger partial charge on any atom is 0.220 e. The standard InChI is InChI=1S/C14H18BrNO/c1-2-3-4-10-16-14(17)9-8-12-6-5-7-13(15)11-12/h2-3,5-7,11H,4,8-10H2,1H3,(H,16,17)/b3-2+. The number of carbonyl (C=O) groups excluding carboxylic acids is 1. The van der Waals surface area contributed by atoms with Gasteiger partial charge in [0.15, 0.2) is 0 Å². The van der Waals surface area contributed by atoms with Crippen molar-refractivity contribution in [1.82, 2.24) is 5.32 Å². The van der Waals surface area contributed by atoms with Crippen molar-refractivity contribution in [2.75, 3.05) is 6.54 Å². The van der Waals surface area contributed by atoms with Crippen LogP contribution in [0.15, 0.2) is 40.9 Å². The second-order valence-corrected chi connectivity index (χ2v) is 4.75. The fraction of sp³-hybridized carbons (Fsp3) is 0.357. The van der Waals surface area contributed by atoms with Gasteiger partial charge in [-0.15, -0.1) is 0 Å². The van der Waals surface area contributed by atoms with Crippen LogP contribution in [0.25, 0.3) is 0 Å². The number of hydrogen-bond donors (Lipinski definition) is 1. The summed E-state index contributed by atoms with van der Waals surface area (Å²) in [7, 11) is 0. The summed E-state index contributed by atoms with van der Waals surface area (Å²) >= 11 is 3.42. The molecule has 0 radical (unpaired) electrons. The summed E-state index contributed by atoms with van der Waals surface area (Å²) < 4.78 is 1.06. The molecule has 17 heavy (non-hydrogen) atoms. The topological polar surface area (TPSA) is 29.1 Å². The second kappa shape index (κ2) is 8.07. The SMILES string of the molecule is C/C=C/CCNC(=O)CCc1cccc(Br)c1. The Labute approximate surface area is 111 Å². The van der Waals surface area contributed by atoms with Crippen molar-refractivity contribution in [2.24, 2.45) is 0 Å². The Bertz CT molecular complexity index is 388. The van der Waals surface area contributed by atoms with Gasteiger partial charge in [0.05, 0.1) is 0 Å². The fourth-order valence-corrected chi connectivity index (χ4v) is 1.95. The van der Waals surface area contributed by atoms with Gasteiger partial charge in [-0.25, -0.2) is 0 Å². The van der Waals surface area contributed by atoms with Crippen LogP contribution >= 0.6 is 15.9 Å². The summed E-state index contributed by atoms with van der Waals surface area (Å²) in [6.45, 7) is 2.71. The fourth-order valence-electron chi connectivity index (χ4n) is 1.50. The van der Waals surface area contributed by atoms with E-state index in [2.05, 4.69) is 27.3 Å². The van der Waals surface area contributed by atoms with Crippen LogP contribution in [0.3, 0.4) is 0 Å². The van der Waals surface area contributed by atoms with Crippen molar-refractivity contribution in [3.05, 3.63) is 46.5 Å². The lowest BCUT2D eigenvalue weighted by atomic mass is 10.1. The van der Waals surface area contributed by atoms with Gasteiger partial charge in [0.2, 0.25) is 5.91 Å². The molecule has 1 aromatic carbocycles. The Morgan fingerprint density at radius 1 is 1.47 bits per heavy atom. The molecule has 1 amide bonds. The Hall–Kier alpha value is -1.09. The van der Waals surface area contributed by atoms with E-state index in [1.54, 1.807) is 0 Å². The first-order valence-electron chi connectivity index (χ1n) is 5.84. The number of nitrogens with one attached hydrogen (secondary N) is 1. The quantitative estimate of drug-likeness (QED) is 0.632. The molecule has 0 atom stereocenters. The van der Waals surface area contributed by atoms with E-state index in [0.717, 1.165) is 23.9 Å². The highest BCUT2D eigenvalue weighted by Crippen LogP contribution is 2.12. The number of hydrogen-bond acceptors (Lipinski definition) is 1. The highest BCUT2D eigenvalue weighted by atomic mass is 79.9. The maximum atomic E-state index is 11.5. The number of allylic oxidation sites excluding steroid dienone is 1. The van der Waals surface area contributed by atoms with Gasteiger partial charge in [0.1, 0.15) is 0 Å². The smallest absolute Gasteiger partial charge is 0.220 e. The van der Waals surface area contributed by atoms with E-state index in [1.165, 1.54) is 5.56 Å². The maximum absolute atomic E-state index is 11.5. The summed E-state index contributed by atoms with van der Waals surface area (Å²) in [5.74, 6) is 0.120. The average Bonchev–Trinajstić information content (AvgIpc) is 2.32. The highest BCUT2D eigenvalue weighted by Gasteiger charge is 2.01. The van der Waals surface area contributed by atoms with Gasteiger partial charge in [-0.05, 0) is 37.5 Å². The first-order valence-corrected chi connectivity index (χ1v) is 6.64. The monoisotopic (exact) mass is 295 g/mol. The van der Waals surface area contributed by atoms with Gasteiger partial charge >= 0.3 is 0 Å². The number of benzene rings is 1. The van der Waals surface area contributed by atoms with Crippen LogP contribution in [0.1, 0.15) is 25.3 Å². The summed E-state index contributed by atoms with van der Waals surface area (Å²) in [6, 6.07) is 8.06.